The van der Waals surface area contributed by atoms with Gasteiger partial charge in [0.1, 0.15) is 16.7 Å². The number of hydrogen-bond donors (Lipinski definition) is 0. The van der Waals surface area contributed by atoms with Gasteiger partial charge in [0, 0.05) is 6.07 Å². The maximum atomic E-state index is 10.8. The van der Waals surface area contributed by atoms with Gasteiger partial charge < -0.3 is 4.74 Å². The summed E-state index contributed by atoms with van der Waals surface area (Å²) in [6.45, 7) is 0. The van der Waals surface area contributed by atoms with E-state index in [9.17, 15) is 10.1 Å². The molecule has 1 aromatic carbocycles. The number of benzene rings is 1. The fourth-order valence-corrected chi connectivity index (χ4v) is 2.01. The summed E-state index contributed by atoms with van der Waals surface area (Å²) in [7, 11) is 0. The second-order valence-corrected chi connectivity index (χ2v) is 4.08. The number of nitriles is 1. The Morgan fingerprint density at radius 1 is 1.35 bits per heavy atom. The number of thiophene rings is 1. The lowest BCUT2D eigenvalue weighted by Gasteiger charge is -2.00. The van der Waals surface area contributed by atoms with Crippen LogP contribution in [0.4, 0.5) is 5.69 Å². The van der Waals surface area contributed by atoms with Crippen LogP contribution in [0.1, 0.15) is 4.88 Å². The minimum Gasteiger partial charge on any atom is -0.440 e. The van der Waals surface area contributed by atoms with Crippen LogP contribution in [-0.4, -0.2) is 4.92 Å². The number of ether oxygens (including phenoxy) is 1. The van der Waals surface area contributed by atoms with Gasteiger partial charge in [-0.05, 0) is 12.1 Å². The third-order valence-electron chi connectivity index (χ3n) is 1.94. The van der Waals surface area contributed by atoms with Crippen LogP contribution in [0, 0.1) is 21.4 Å². The van der Waals surface area contributed by atoms with Crippen molar-refractivity contribution in [3.63, 3.8) is 0 Å². The first-order valence-corrected chi connectivity index (χ1v) is 5.43. The second kappa shape index (κ2) is 4.63. The van der Waals surface area contributed by atoms with Gasteiger partial charge in [0.15, 0.2) is 0 Å². The SMILES string of the molecule is N#Cc1cc([N+](=O)[O-])c(Oc2ccccc2)s1. The zero-order valence-corrected chi connectivity index (χ0v) is 9.31. The molecule has 0 aliphatic carbocycles. The van der Waals surface area contributed by atoms with Crippen molar-refractivity contribution in [2.45, 2.75) is 0 Å². The van der Waals surface area contributed by atoms with Crippen molar-refractivity contribution in [2.75, 3.05) is 0 Å². The smallest absolute Gasteiger partial charge is 0.324 e. The van der Waals surface area contributed by atoms with Crippen LogP contribution in [-0.2, 0) is 0 Å². The maximum absolute atomic E-state index is 10.8. The minimum atomic E-state index is -0.560. The van der Waals surface area contributed by atoms with Crippen LogP contribution < -0.4 is 4.74 Å². The molecule has 0 radical (unpaired) electrons. The second-order valence-electron chi connectivity index (χ2n) is 3.07. The molecule has 1 heterocycles. The van der Waals surface area contributed by atoms with Crippen molar-refractivity contribution in [1.82, 2.24) is 0 Å². The Balaban J connectivity index is 2.36. The van der Waals surface area contributed by atoms with E-state index in [0.29, 0.717) is 5.75 Å². The van der Waals surface area contributed by atoms with Gasteiger partial charge in [-0.15, -0.1) is 0 Å². The van der Waals surface area contributed by atoms with E-state index in [2.05, 4.69) is 0 Å². The van der Waals surface area contributed by atoms with Gasteiger partial charge in [0.2, 0.25) is 0 Å². The van der Waals surface area contributed by atoms with Gasteiger partial charge in [0.05, 0.1) is 4.92 Å². The zero-order valence-electron chi connectivity index (χ0n) is 8.49. The van der Waals surface area contributed by atoms with Crippen LogP contribution in [0.5, 0.6) is 10.8 Å². The molecule has 17 heavy (non-hydrogen) atoms. The van der Waals surface area contributed by atoms with E-state index in [0.717, 1.165) is 11.3 Å². The maximum Gasteiger partial charge on any atom is 0.324 e. The number of rotatable bonds is 3. The molecule has 0 aliphatic rings. The molecule has 0 unspecified atom stereocenters. The average molecular weight is 246 g/mol. The summed E-state index contributed by atoms with van der Waals surface area (Å²) in [6, 6.07) is 11.8. The first-order chi connectivity index (χ1) is 8.20. The highest BCUT2D eigenvalue weighted by molar-refractivity contribution is 7.14. The van der Waals surface area contributed by atoms with Crippen LogP contribution in [0.25, 0.3) is 0 Å². The van der Waals surface area contributed by atoms with Gasteiger partial charge in [0.25, 0.3) is 5.06 Å². The summed E-state index contributed by atoms with van der Waals surface area (Å²) < 4.78 is 5.38. The average Bonchev–Trinajstić information content (AvgIpc) is 2.74. The van der Waals surface area contributed by atoms with Gasteiger partial charge >= 0.3 is 5.69 Å². The molecule has 6 heteroatoms. The lowest BCUT2D eigenvalue weighted by Crippen LogP contribution is -1.88. The Kier molecular flexibility index (Phi) is 3.03. The number of hydrogen-bond acceptors (Lipinski definition) is 5. The van der Waals surface area contributed by atoms with Crippen LogP contribution in [0.15, 0.2) is 36.4 Å². The summed E-state index contributed by atoms with van der Waals surface area (Å²) >= 11 is 0.958. The van der Waals surface area contributed by atoms with Gasteiger partial charge in [-0.2, -0.15) is 5.26 Å². The molecule has 2 aromatic rings. The molecule has 0 amide bonds. The van der Waals surface area contributed by atoms with E-state index in [1.807, 2.05) is 12.1 Å². The molecule has 5 nitrogen and oxygen atoms in total. The summed E-state index contributed by atoms with van der Waals surface area (Å²) in [4.78, 5) is 10.5. The third-order valence-corrected chi connectivity index (χ3v) is 2.85. The van der Waals surface area contributed by atoms with Gasteiger partial charge in [-0.25, -0.2) is 0 Å². The van der Waals surface area contributed by atoms with Crippen molar-refractivity contribution in [3.8, 4) is 16.9 Å². The van der Waals surface area contributed by atoms with E-state index < -0.39 is 4.92 Å². The molecule has 0 N–H and O–H groups in total. The first-order valence-electron chi connectivity index (χ1n) is 4.62. The van der Waals surface area contributed by atoms with Gasteiger partial charge in [-0.1, -0.05) is 29.5 Å². The van der Waals surface area contributed by atoms with Crippen molar-refractivity contribution >= 4 is 17.0 Å². The molecule has 2 rings (SSSR count). The quantitative estimate of drug-likeness (QED) is 0.614. The topological polar surface area (TPSA) is 76.2 Å². The number of para-hydroxylation sites is 1. The Labute approximate surface area is 101 Å². The fourth-order valence-electron chi connectivity index (χ4n) is 1.22. The molecule has 0 bridgehead atoms. The molecular formula is C11H6N2O3S. The summed E-state index contributed by atoms with van der Waals surface area (Å²) in [5.41, 5.74) is -0.185. The van der Waals surface area contributed by atoms with Gasteiger partial charge in [-0.3, -0.25) is 10.1 Å². The van der Waals surface area contributed by atoms with E-state index in [1.165, 1.54) is 6.07 Å². The van der Waals surface area contributed by atoms with Crippen molar-refractivity contribution in [2.24, 2.45) is 0 Å². The standard InChI is InChI=1S/C11H6N2O3S/c12-7-9-6-10(13(14)15)11(17-9)16-8-4-2-1-3-5-8/h1-6H. The monoisotopic (exact) mass is 246 g/mol. The van der Waals surface area contributed by atoms with Crippen molar-refractivity contribution in [1.29, 1.82) is 5.26 Å². The largest absolute Gasteiger partial charge is 0.440 e. The molecular weight excluding hydrogens is 240 g/mol. The predicted octanol–water partition coefficient (Wildman–Crippen LogP) is 3.32. The highest BCUT2D eigenvalue weighted by Crippen LogP contribution is 2.39. The predicted molar refractivity (Wildman–Crippen MR) is 62.2 cm³/mol. The van der Waals surface area contributed by atoms with E-state index in [-0.39, 0.29) is 15.6 Å². The first kappa shape index (κ1) is 11.1. The third kappa shape index (κ3) is 2.41. The molecule has 1 aromatic heterocycles. The number of nitro groups is 1. The summed E-state index contributed by atoms with van der Waals surface area (Å²) in [6.07, 6.45) is 0. The zero-order chi connectivity index (χ0) is 12.3. The lowest BCUT2D eigenvalue weighted by atomic mass is 10.3. The van der Waals surface area contributed by atoms with Crippen LogP contribution in [0.2, 0.25) is 0 Å². The van der Waals surface area contributed by atoms with E-state index in [4.69, 9.17) is 10.00 Å². The van der Waals surface area contributed by atoms with Crippen molar-refractivity contribution in [3.05, 3.63) is 51.4 Å². The Hall–Kier alpha value is -2.39. The normalized spacial score (nSPS) is 9.59. The highest BCUT2D eigenvalue weighted by Gasteiger charge is 2.21. The number of nitrogens with zero attached hydrogens (tertiary/aromatic N) is 2. The minimum absolute atomic E-state index is 0.123. The fraction of sp³-hybridized carbons (Fsp3) is 0. The molecule has 0 fully saturated rings. The summed E-state index contributed by atoms with van der Waals surface area (Å²) in [5, 5.41) is 19.6. The molecule has 0 atom stereocenters. The Morgan fingerprint density at radius 3 is 2.65 bits per heavy atom. The molecule has 0 aliphatic heterocycles. The molecule has 0 spiro atoms. The highest BCUT2D eigenvalue weighted by atomic mass is 32.1. The lowest BCUT2D eigenvalue weighted by molar-refractivity contribution is -0.385. The van der Waals surface area contributed by atoms with E-state index in [1.54, 1.807) is 24.3 Å². The molecule has 0 saturated carbocycles. The Morgan fingerprint density at radius 2 is 2.06 bits per heavy atom. The van der Waals surface area contributed by atoms with Crippen molar-refractivity contribution < 1.29 is 9.66 Å². The van der Waals surface area contributed by atoms with Crippen LogP contribution in [0.3, 0.4) is 0 Å². The summed E-state index contributed by atoms with van der Waals surface area (Å²) in [5.74, 6) is 0.502. The molecule has 84 valence electrons. The van der Waals surface area contributed by atoms with Crippen LogP contribution >= 0.6 is 11.3 Å². The Bertz CT molecular complexity index is 587. The van der Waals surface area contributed by atoms with E-state index >= 15 is 0 Å². The molecule has 0 saturated heterocycles.